The highest BCUT2D eigenvalue weighted by Crippen LogP contribution is 2.37. The number of carbonyl (C=O) groups excluding carboxylic acids is 2. The zero-order valence-corrected chi connectivity index (χ0v) is 21.1. The molecular weight excluding hydrogens is 453 g/mol. The van der Waals surface area contributed by atoms with Crippen LogP contribution >= 0.6 is 0 Å². The number of benzene rings is 1. The molecule has 2 aliphatic rings. The lowest BCUT2D eigenvalue weighted by Gasteiger charge is -2.45. The largest absolute Gasteiger partial charge is 0.490 e. The first-order valence-corrected chi connectivity index (χ1v) is 12.4. The summed E-state index contributed by atoms with van der Waals surface area (Å²) in [7, 11) is 0. The van der Waals surface area contributed by atoms with E-state index in [4.69, 9.17) is 10.5 Å². The Morgan fingerprint density at radius 2 is 1.71 bits per heavy atom. The number of alkyl halides is 1. The van der Waals surface area contributed by atoms with Crippen LogP contribution in [0.5, 0.6) is 5.75 Å². The molecule has 194 valence electrons. The molecule has 3 N–H and O–H groups in total. The molecule has 1 heterocycles. The summed E-state index contributed by atoms with van der Waals surface area (Å²) in [5.41, 5.74) is 4.92. The van der Waals surface area contributed by atoms with Gasteiger partial charge in [0.05, 0.1) is 12.6 Å². The van der Waals surface area contributed by atoms with Crippen LogP contribution in [0.1, 0.15) is 70.2 Å². The van der Waals surface area contributed by atoms with Crippen LogP contribution in [-0.4, -0.2) is 69.8 Å². The molecule has 0 bridgehead atoms. The minimum absolute atomic E-state index is 0.00361. The third kappa shape index (κ3) is 6.44. The van der Waals surface area contributed by atoms with Crippen molar-refractivity contribution in [2.24, 2.45) is 17.6 Å². The molecule has 1 saturated heterocycles. The fourth-order valence-electron chi connectivity index (χ4n) is 5.38. The van der Waals surface area contributed by atoms with E-state index >= 15 is 0 Å². The first-order valence-electron chi connectivity index (χ1n) is 12.4. The number of carboxylic acid groups (broad SMARTS) is 1. The topological polar surface area (TPSA) is 113 Å². The summed E-state index contributed by atoms with van der Waals surface area (Å²) in [5, 5.41) is 10.1. The first kappa shape index (κ1) is 26.8. The number of nitrogens with two attached hydrogens (primary N) is 1. The monoisotopic (exact) mass is 491 g/mol. The third-order valence-corrected chi connectivity index (χ3v) is 7.30. The molecule has 9 heteroatoms. The Morgan fingerprint density at radius 1 is 1.11 bits per heavy atom. The Kier molecular flexibility index (Phi) is 8.28. The third-order valence-electron chi connectivity index (χ3n) is 7.30. The van der Waals surface area contributed by atoms with Crippen LogP contribution in [0.25, 0.3) is 0 Å². The number of hydrogen-bond donors (Lipinski definition) is 2. The van der Waals surface area contributed by atoms with Gasteiger partial charge in [-0.2, -0.15) is 0 Å². The van der Waals surface area contributed by atoms with Crippen molar-refractivity contribution in [2.75, 3.05) is 13.1 Å². The lowest BCUT2D eigenvalue weighted by Crippen LogP contribution is -2.60. The lowest BCUT2D eigenvalue weighted by molar-refractivity contribution is -0.140. The van der Waals surface area contributed by atoms with Gasteiger partial charge in [0, 0.05) is 17.6 Å². The number of primary amides is 1. The predicted octanol–water partition coefficient (Wildman–Crippen LogP) is 4.08. The van der Waals surface area contributed by atoms with E-state index < -0.39 is 29.8 Å². The normalized spacial score (nSPS) is 24.5. The van der Waals surface area contributed by atoms with Gasteiger partial charge in [0.2, 0.25) is 11.8 Å². The van der Waals surface area contributed by atoms with Crippen LogP contribution in [0, 0.1) is 11.8 Å². The summed E-state index contributed by atoms with van der Waals surface area (Å²) < 4.78 is 20.0. The summed E-state index contributed by atoms with van der Waals surface area (Å²) in [5.74, 6) is -0.222. The molecule has 2 fully saturated rings. The SMILES string of the molecule is C[C@H](C1CCC(Oc2ccc(C(N)=O)cc2)CC1)[C@@H](C(=O)N1CC[C@H](F)C1)N(C(=O)O)C(C)(C)C. The lowest BCUT2D eigenvalue weighted by atomic mass is 9.75. The number of ether oxygens (including phenoxy) is 1. The fourth-order valence-corrected chi connectivity index (χ4v) is 5.38. The molecule has 0 aromatic heterocycles. The van der Waals surface area contributed by atoms with Crippen molar-refractivity contribution in [1.82, 2.24) is 9.80 Å². The van der Waals surface area contributed by atoms with Crippen molar-refractivity contribution in [3.8, 4) is 5.75 Å². The van der Waals surface area contributed by atoms with E-state index in [-0.39, 0.29) is 36.8 Å². The number of nitrogens with zero attached hydrogens (tertiary/aromatic N) is 2. The Morgan fingerprint density at radius 3 is 2.17 bits per heavy atom. The van der Waals surface area contributed by atoms with Crippen LogP contribution < -0.4 is 10.5 Å². The molecule has 3 rings (SSSR count). The highest BCUT2D eigenvalue weighted by molar-refractivity contribution is 5.92. The van der Waals surface area contributed by atoms with Gasteiger partial charge in [-0.1, -0.05) is 6.92 Å². The molecule has 1 aliphatic carbocycles. The van der Waals surface area contributed by atoms with Crippen LogP contribution in [0.3, 0.4) is 0 Å². The second kappa shape index (κ2) is 10.8. The zero-order chi connectivity index (χ0) is 25.9. The van der Waals surface area contributed by atoms with E-state index in [0.29, 0.717) is 17.9 Å². The maximum absolute atomic E-state index is 13.9. The second-order valence-electron chi connectivity index (χ2n) is 10.8. The molecular formula is C26H38FN3O5. The maximum Gasteiger partial charge on any atom is 0.408 e. The molecule has 35 heavy (non-hydrogen) atoms. The summed E-state index contributed by atoms with van der Waals surface area (Å²) in [4.78, 5) is 39.9. The molecule has 1 aromatic carbocycles. The van der Waals surface area contributed by atoms with Crippen molar-refractivity contribution >= 4 is 17.9 Å². The van der Waals surface area contributed by atoms with E-state index in [9.17, 15) is 23.9 Å². The van der Waals surface area contributed by atoms with Crippen molar-refractivity contribution in [3.05, 3.63) is 29.8 Å². The van der Waals surface area contributed by atoms with Gasteiger partial charge < -0.3 is 20.5 Å². The van der Waals surface area contributed by atoms with Gasteiger partial charge in [0.1, 0.15) is 18.0 Å². The van der Waals surface area contributed by atoms with Crippen LogP contribution in [0.4, 0.5) is 9.18 Å². The van der Waals surface area contributed by atoms with Gasteiger partial charge in [-0.05, 0) is 89.0 Å². The minimum atomic E-state index is -1.14. The highest BCUT2D eigenvalue weighted by Gasteiger charge is 2.46. The van der Waals surface area contributed by atoms with E-state index in [2.05, 4.69) is 0 Å². The Hall–Kier alpha value is -2.84. The van der Waals surface area contributed by atoms with Crippen molar-refractivity contribution in [2.45, 2.75) is 83.7 Å². The summed E-state index contributed by atoms with van der Waals surface area (Å²) >= 11 is 0. The molecule has 3 atom stereocenters. The number of carbonyl (C=O) groups is 3. The number of hydrogen-bond acceptors (Lipinski definition) is 4. The van der Waals surface area contributed by atoms with Crippen LogP contribution in [-0.2, 0) is 4.79 Å². The summed E-state index contributed by atoms with van der Waals surface area (Å²) in [6, 6.07) is 5.85. The predicted molar refractivity (Wildman–Crippen MR) is 130 cm³/mol. The standard InChI is InChI=1S/C26H38FN3O5/c1-16(17-5-9-20(10-6-17)35-21-11-7-18(8-12-21)23(28)31)22(30(25(33)34)26(2,3)4)24(32)29-14-13-19(27)15-29/h7-8,11-12,16-17,19-20,22H,5-6,9-10,13-15H2,1-4H3,(H2,28,31)(H,33,34)/t16-,17?,19+,20?,22+/m1/s1. The fraction of sp³-hybridized carbons (Fsp3) is 0.654. The van der Waals surface area contributed by atoms with Gasteiger partial charge >= 0.3 is 6.09 Å². The van der Waals surface area contributed by atoms with Crippen molar-refractivity contribution < 1.29 is 28.6 Å². The van der Waals surface area contributed by atoms with E-state index in [0.717, 1.165) is 25.7 Å². The van der Waals surface area contributed by atoms with Gasteiger partial charge in [-0.3, -0.25) is 14.5 Å². The molecule has 3 amide bonds. The smallest absolute Gasteiger partial charge is 0.408 e. The quantitative estimate of drug-likeness (QED) is 0.597. The van der Waals surface area contributed by atoms with Gasteiger partial charge in [-0.25, -0.2) is 9.18 Å². The van der Waals surface area contributed by atoms with Crippen molar-refractivity contribution in [1.29, 1.82) is 0 Å². The Balaban J connectivity index is 1.70. The maximum atomic E-state index is 13.9. The van der Waals surface area contributed by atoms with Gasteiger partial charge in [-0.15, -0.1) is 0 Å². The van der Waals surface area contributed by atoms with Crippen LogP contribution in [0.15, 0.2) is 24.3 Å². The molecule has 0 radical (unpaired) electrons. The average Bonchev–Trinajstić information content (AvgIpc) is 3.22. The number of halogens is 1. The minimum Gasteiger partial charge on any atom is -0.490 e. The van der Waals surface area contributed by atoms with Gasteiger partial charge in [0.15, 0.2) is 0 Å². The zero-order valence-electron chi connectivity index (χ0n) is 21.1. The second-order valence-corrected chi connectivity index (χ2v) is 10.8. The molecule has 1 aromatic rings. The number of amides is 3. The van der Waals surface area contributed by atoms with Crippen molar-refractivity contribution in [3.63, 3.8) is 0 Å². The molecule has 0 unspecified atom stereocenters. The van der Waals surface area contributed by atoms with E-state index in [1.165, 1.54) is 9.80 Å². The molecule has 1 aliphatic heterocycles. The Bertz CT molecular complexity index is 909. The number of rotatable bonds is 7. The average molecular weight is 492 g/mol. The van der Waals surface area contributed by atoms with E-state index in [1.54, 1.807) is 45.0 Å². The molecule has 8 nitrogen and oxygen atoms in total. The van der Waals surface area contributed by atoms with Gasteiger partial charge in [0.25, 0.3) is 0 Å². The van der Waals surface area contributed by atoms with Crippen LogP contribution in [0.2, 0.25) is 0 Å². The summed E-state index contributed by atoms with van der Waals surface area (Å²) in [6.07, 6.45) is 1.20. The molecule has 1 saturated carbocycles. The Labute approximate surface area is 206 Å². The number of likely N-dealkylation sites (tertiary alicyclic amines) is 1. The van der Waals surface area contributed by atoms with E-state index in [1.807, 2.05) is 6.92 Å². The first-order chi connectivity index (χ1) is 16.4. The highest BCUT2D eigenvalue weighted by atomic mass is 19.1. The summed E-state index contributed by atoms with van der Waals surface area (Å²) in [6.45, 7) is 7.63. The molecule has 0 spiro atoms.